The maximum atomic E-state index is 12.7. The zero-order valence-corrected chi connectivity index (χ0v) is 16.5. The van der Waals surface area contributed by atoms with Crippen molar-refractivity contribution in [3.8, 4) is 0 Å². The molecular weight excluding hydrogens is 362 g/mol. The summed E-state index contributed by atoms with van der Waals surface area (Å²) in [5.74, 6) is -0.324. The van der Waals surface area contributed by atoms with Gasteiger partial charge in [0.25, 0.3) is 5.91 Å². The molecular formula is C20H25N3O3S. The van der Waals surface area contributed by atoms with E-state index in [0.717, 1.165) is 24.9 Å². The zero-order valence-electron chi connectivity index (χ0n) is 15.7. The minimum atomic E-state index is -3.54. The van der Waals surface area contributed by atoms with Crippen molar-refractivity contribution in [2.75, 3.05) is 32.5 Å². The number of nitrogens with zero attached hydrogens (tertiary/aromatic N) is 2. The van der Waals surface area contributed by atoms with Gasteiger partial charge >= 0.3 is 0 Å². The van der Waals surface area contributed by atoms with E-state index in [9.17, 15) is 13.2 Å². The van der Waals surface area contributed by atoms with Crippen molar-refractivity contribution in [1.29, 1.82) is 0 Å². The first-order chi connectivity index (χ1) is 12.9. The first-order valence-corrected chi connectivity index (χ1v) is 10.5. The number of carbonyl (C=O) groups excluding carboxylic acids is 1. The van der Waals surface area contributed by atoms with Crippen molar-refractivity contribution in [2.45, 2.75) is 24.3 Å². The van der Waals surface area contributed by atoms with E-state index in [1.54, 1.807) is 18.2 Å². The van der Waals surface area contributed by atoms with Crippen LogP contribution in [0, 0.1) is 0 Å². The fraction of sp³-hybridized carbons (Fsp3) is 0.350. The van der Waals surface area contributed by atoms with Gasteiger partial charge in [0.2, 0.25) is 10.0 Å². The lowest BCUT2D eigenvalue weighted by molar-refractivity contribution is 0.102. The van der Waals surface area contributed by atoms with Gasteiger partial charge < -0.3 is 10.2 Å². The molecule has 27 heavy (non-hydrogen) atoms. The molecule has 144 valence electrons. The maximum Gasteiger partial charge on any atom is 0.255 e. The minimum absolute atomic E-state index is 0.165. The smallest absolute Gasteiger partial charge is 0.255 e. The third-order valence-corrected chi connectivity index (χ3v) is 6.38. The number of sulfonamides is 1. The number of hydrogen-bond acceptors (Lipinski definition) is 4. The van der Waals surface area contributed by atoms with Crippen molar-refractivity contribution in [1.82, 2.24) is 9.21 Å². The molecule has 0 unspecified atom stereocenters. The van der Waals surface area contributed by atoms with Crippen molar-refractivity contribution in [2.24, 2.45) is 0 Å². The van der Waals surface area contributed by atoms with Gasteiger partial charge in [0.15, 0.2) is 0 Å². The van der Waals surface area contributed by atoms with Crippen molar-refractivity contribution in [3.05, 3.63) is 59.7 Å². The van der Waals surface area contributed by atoms with Crippen molar-refractivity contribution >= 4 is 21.6 Å². The molecule has 1 N–H and O–H groups in total. The monoisotopic (exact) mass is 387 g/mol. The number of anilines is 1. The van der Waals surface area contributed by atoms with E-state index in [1.807, 2.05) is 43.3 Å². The summed E-state index contributed by atoms with van der Waals surface area (Å²) in [7, 11) is 0.427. The Morgan fingerprint density at radius 1 is 1.07 bits per heavy atom. The summed E-state index contributed by atoms with van der Waals surface area (Å²) < 4.78 is 26.9. The predicted octanol–water partition coefficient (Wildman–Crippen LogP) is 2.79. The van der Waals surface area contributed by atoms with Crippen LogP contribution in [0.15, 0.2) is 53.4 Å². The number of rotatable bonds is 6. The lowest BCUT2D eigenvalue weighted by Gasteiger charge is -2.16. The van der Waals surface area contributed by atoms with E-state index in [2.05, 4.69) is 5.32 Å². The molecule has 0 radical (unpaired) electrons. The molecule has 1 aliphatic heterocycles. The van der Waals surface area contributed by atoms with E-state index >= 15 is 0 Å². The van der Waals surface area contributed by atoms with Crippen LogP contribution in [0.1, 0.15) is 28.8 Å². The lowest BCUT2D eigenvalue weighted by atomic mass is 10.1. The van der Waals surface area contributed by atoms with Gasteiger partial charge in [-0.1, -0.05) is 18.2 Å². The van der Waals surface area contributed by atoms with Gasteiger partial charge in [0.1, 0.15) is 0 Å². The van der Waals surface area contributed by atoms with Crippen LogP contribution in [0.3, 0.4) is 0 Å². The van der Waals surface area contributed by atoms with Crippen LogP contribution >= 0.6 is 0 Å². The van der Waals surface area contributed by atoms with Crippen molar-refractivity contribution < 1.29 is 13.2 Å². The zero-order chi connectivity index (χ0) is 19.4. The summed E-state index contributed by atoms with van der Waals surface area (Å²) >= 11 is 0. The second kappa shape index (κ2) is 8.21. The molecule has 0 bridgehead atoms. The molecule has 0 aliphatic carbocycles. The highest BCUT2D eigenvalue weighted by Crippen LogP contribution is 2.22. The Morgan fingerprint density at radius 3 is 2.48 bits per heavy atom. The Balaban J connectivity index is 1.78. The average molecular weight is 388 g/mol. The highest BCUT2D eigenvalue weighted by molar-refractivity contribution is 7.89. The molecule has 0 saturated carbocycles. The first-order valence-electron chi connectivity index (χ1n) is 9.01. The van der Waals surface area contributed by atoms with E-state index in [0.29, 0.717) is 24.3 Å². The highest BCUT2D eigenvalue weighted by Gasteiger charge is 2.27. The van der Waals surface area contributed by atoms with E-state index in [-0.39, 0.29) is 10.8 Å². The van der Waals surface area contributed by atoms with Gasteiger partial charge in [-0.2, -0.15) is 4.31 Å². The van der Waals surface area contributed by atoms with Crippen LogP contribution in [0.25, 0.3) is 0 Å². The SMILES string of the molecule is CN(C)Cc1cccc(NC(=O)c2cccc(S(=O)(=O)N3CCCC3)c2)c1. The number of amides is 1. The summed E-state index contributed by atoms with van der Waals surface area (Å²) in [6.07, 6.45) is 1.76. The van der Waals surface area contributed by atoms with E-state index in [4.69, 9.17) is 0 Å². The summed E-state index contributed by atoms with van der Waals surface area (Å²) in [6, 6.07) is 13.9. The van der Waals surface area contributed by atoms with Gasteiger partial charge in [-0.15, -0.1) is 0 Å². The molecule has 7 heteroatoms. The second-order valence-corrected chi connectivity index (χ2v) is 8.97. The summed E-state index contributed by atoms with van der Waals surface area (Å²) in [6.45, 7) is 1.85. The third-order valence-electron chi connectivity index (χ3n) is 4.48. The Labute approximate surface area is 160 Å². The van der Waals surface area contributed by atoms with Gasteiger partial charge in [-0.25, -0.2) is 8.42 Å². The summed E-state index contributed by atoms with van der Waals surface area (Å²) in [5, 5.41) is 2.85. The van der Waals surface area contributed by atoms with Gasteiger partial charge in [-0.3, -0.25) is 4.79 Å². The number of nitrogens with one attached hydrogen (secondary N) is 1. The maximum absolute atomic E-state index is 12.7. The largest absolute Gasteiger partial charge is 0.322 e. The third kappa shape index (κ3) is 4.74. The lowest BCUT2D eigenvalue weighted by Crippen LogP contribution is -2.28. The number of hydrogen-bond donors (Lipinski definition) is 1. The van der Waals surface area contributed by atoms with Crippen LogP contribution < -0.4 is 5.32 Å². The van der Waals surface area contributed by atoms with Crippen molar-refractivity contribution in [3.63, 3.8) is 0 Å². The average Bonchev–Trinajstić information content (AvgIpc) is 3.17. The fourth-order valence-electron chi connectivity index (χ4n) is 3.19. The Hall–Kier alpha value is -2.22. The fourth-order valence-corrected chi connectivity index (χ4v) is 4.75. The van der Waals surface area contributed by atoms with Crippen LogP contribution in [0.5, 0.6) is 0 Å². The number of carbonyl (C=O) groups is 1. The highest BCUT2D eigenvalue weighted by atomic mass is 32.2. The van der Waals surface area contributed by atoms with Crippen LogP contribution in [-0.4, -0.2) is 50.7 Å². The molecule has 0 spiro atoms. The first kappa shape index (κ1) is 19.5. The quantitative estimate of drug-likeness (QED) is 0.827. The predicted molar refractivity (Wildman–Crippen MR) is 106 cm³/mol. The Kier molecular flexibility index (Phi) is 5.94. The minimum Gasteiger partial charge on any atom is -0.322 e. The molecule has 0 aromatic heterocycles. The summed E-state index contributed by atoms with van der Waals surface area (Å²) in [4.78, 5) is 14.8. The molecule has 1 aliphatic rings. The van der Waals surface area contributed by atoms with Gasteiger partial charge in [0.05, 0.1) is 4.90 Å². The topological polar surface area (TPSA) is 69.7 Å². The standard InChI is InChI=1S/C20H25N3O3S/c1-22(2)15-16-7-5-9-18(13-16)21-20(24)17-8-6-10-19(14-17)27(25,26)23-11-3-4-12-23/h5-10,13-14H,3-4,11-12,15H2,1-2H3,(H,21,24). The van der Waals surface area contributed by atoms with Crippen LogP contribution in [0.2, 0.25) is 0 Å². The molecule has 3 rings (SSSR count). The molecule has 1 fully saturated rings. The molecule has 2 aromatic rings. The van der Waals surface area contributed by atoms with Crippen LogP contribution in [-0.2, 0) is 16.6 Å². The summed E-state index contributed by atoms with van der Waals surface area (Å²) in [5.41, 5.74) is 2.10. The number of benzene rings is 2. The molecule has 2 aromatic carbocycles. The molecule has 0 atom stereocenters. The molecule has 6 nitrogen and oxygen atoms in total. The molecule has 1 heterocycles. The van der Waals surface area contributed by atoms with Gasteiger partial charge in [0, 0.05) is 30.9 Å². The van der Waals surface area contributed by atoms with Crippen LogP contribution in [0.4, 0.5) is 5.69 Å². The molecule has 1 amide bonds. The molecule has 1 saturated heterocycles. The van der Waals surface area contributed by atoms with E-state index in [1.165, 1.54) is 10.4 Å². The van der Waals surface area contributed by atoms with Gasteiger partial charge in [-0.05, 0) is 62.8 Å². The Bertz CT molecular complexity index is 920. The Morgan fingerprint density at radius 2 is 1.78 bits per heavy atom. The normalized spacial score (nSPS) is 15.2. The second-order valence-electron chi connectivity index (χ2n) is 7.03. The van der Waals surface area contributed by atoms with E-state index < -0.39 is 10.0 Å².